The fraction of sp³-hybridized carbons (Fsp3) is 0.400. The van der Waals surface area contributed by atoms with Crippen LogP contribution < -0.4 is 15.4 Å². The maximum atomic E-state index is 12.4. The maximum Gasteiger partial charge on any atom is 0.291 e. The molecule has 1 aromatic carbocycles. The minimum atomic E-state index is -0.335. The molecule has 152 valence electrons. The Morgan fingerprint density at radius 3 is 2.68 bits per heavy atom. The van der Waals surface area contributed by atoms with Crippen molar-refractivity contribution >= 4 is 29.9 Å². The Labute approximate surface area is 170 Å². The minimum Gasteiger partial charge on any atom is -0.484 e. The van der Waals surface area contributed by atoms with E-state index in [4.69, 9.17) is 9.15 Å². The smallest absolute Gasteiger partial charge is 0.291 e. The molecule has 0 radical (unpaired) electrons. The number of ether oxygens (including phenoxy) is 1. The van der Waals surface area contributed by atoms with Gasteiger partial charge in [0.2, 0.25) is 0 Å². The van der Waals surface area contributed by atoms with Gasteiger partial charge in [0.05, 0.1) is 6.26 Å². The van der Waals surface area contributed by atoms with E-state index >= 15 is 0 Å². The van der Waals surface area contributed by atoms with E-state index in [2.05, 4.69) is 10.6 Å². The number of carbonyl (C=O) groups is 2. The second-order valence-electron chi connectivity index (χ2n) is 6.63. The number of carbonyl (C=O) groups excluding carboxylic acids is 2. The van der Waals surface area contributed by atoms with Crippen LogP contribution in [0.2, 0.25) is 0 Å². The lowest BCUT2D eigenvalue weighted by Gasteiger charge is -2.31. The SMILES string of the molecule is CNCC1CCN(C(=O)COc2cccc(NC(=O)c3ccco3)c2)CC1.Cl. The molecule has 2 aromatic rings. The van der Waals surface area contributed by atoms with Crippen LogP contribution in [0.4, 0.5) is 5.69 Å². The number of nitrogens with zero attached hydrogens (tertiary/aromatic N) is 1. The lowest BCUT2D eigenvalue weighted by atomic mass is 9.97. The highest BCUT2D eigenvalue weighted by atomic mass is 35.5. The molecule has 2 N–H and O–H groups in total. The summed E-state index contributed by atoms with van der Waals surface area (Å²) >= 11 is 0. The minimum absolute atomic E-state index is 0. The van der Waals surface area contributed by atoms with Crippen LogP contribution in [0.1, 0.15) is 23.4 Å². The van der Waals surface area contributed by atoms with E-state index < -0.39 is 0 Å². The van der Waals surface area contributed by atoms with Crippen LogP contribution in [0.3, 0.4) is 0 Å². The number of hydrogen-bond donors (Lipinski definition) is 2. The Hall–Kier alpha value is -2.51. The van der Waals surface area contributed by atoms with Crippen molar-refractivity contribution in [2.45, 2.75) is 12.8 Å². The second-order valence-corrected chi connectivity index (χ2v) is 6.63. The van der Waals surface area contributed by atoms with Gasteiger partial charge in [-0.2, -0.15) is 0 Å². The molecule has 0 unspecified atom stereocenters. The summed E-state index contributed by atoms with van der Waals surface area (Å²) < 4.78 is 10.7. The Balaban J connectivity index is 0.00000280. The molecule has 1 saturated heterocycles. The highest BCUT2D eigenvalue weighted by Gasteiger charge is 2.22. The number of halogens is 1. The van der Waals surface area contributed by atoms with Crippen LogP contribution in [0.25, 0.3) is 0 Å². The van der Waals surface area contributed by atoms with Gasteiger partial charge in [-0.3, -0.25) is 9.59 Å². The first kappa shape index (κ1) is 21.8. The Kier molecular flexibility index (Phi) is 8.35. The fourth-order valence-electron chi connectivity index (χ4n) is 3.18. The molecule has 0 atom stereocenters. The summed E-state index contributed by atoms with van der Waals surface area (Å²) in [7, 11) is 1.95. The van der Waals surface area contributed by atoms with Crippen LogP contribution in [0.5, 0.6) is 5.75 Å². The summed E-state index contributed by atoms with van der Waals surface area (Å²) in [6.07, 6.45) is 3.48. The van der Waals surface area contributed by atoms with Crippen molar-refractivity contribution in [1.29, 1.82) is 0 Å². The molecule has 2 amide bonds. The third kappa shape index (κ3) is 6.00. The molecule has 2 heterocycles. The van der Waals surface area contributed by atoms with E-state index in [1.165, 1.54) is 6.26 Å². The highest BCUT2D eigenvalue weighted by Crippen LogP contribution is 2.20. The zero-order chi connectivity index (χ0) is 19.1. The van der Waals surface area contributed by atoms with Crippen molar-refractivity contribution in [3.8, 4) is 5.75 Å². The van der Waals surface area contributed by atoms with Gasteiger partial charge in [0.25, 0.3) is 11.8 Å². The normalized spacial score (nSPS) is 14.2. The van der Waals surface area contributed by atoms with Gasteiger partial charge < -0.3 is 24.7 Å². The van der Waals surface area contributed by atoms with E-state index in [-0.39, 0.29) is 36.6 Å². The van der Waals surface area contributed by atoms with Crippen LogP contribution >= 0.6 is 12.4 Å². The fourth-order valence-corrected chi connectivity index (χ4v) is 3.18. The van der Waals surface area contributed by atoms with Crippen molar-refractivity contribution < 1.29 is 18.7 Å². The van der Waals surface area contributed by atoms with Crippen molar-refractivity contribution in [2.75, 3.05) is 38.6 Å². The standard InChI is InChI=1S/C20H25N3O4.ClH/c1-21-13-15-7-9-23(10-8-15)19(24)14-27-17-5-2-4-16(12-17)22-20(25)18-6-3-11-26-18;/h2-6,11-12,15,21H,7-10,13-14H2,1H3,(H,22,25);1H. The number of piperidine rings is 1. The zero-order valence-electron chi connectivity index (χ0n) is 15.8. The monoisotopic (exact) mass is 407 g/mol. The summed E-state index contributed by atoms with van der Waals surface area (Å²) in [6, 6.07) is 10.2. The van der Waals surface area contributed by atoms with Crippen LogP contribution in [0, 0.1) is 5.92 Å². The highest BCUT2D eigenvalue weighted by molar-refractivity contribution is 6.02. The molecule has 28 heavy (non-hydrogen) atoms. The first-order valence-corrected chi connectivity index (χ1v) is 9.16. The molecule has 1 aliphatic heterocycles. The quantitative estimate of drug-likeness (QED) is 0.737. The number of likely N-dealkylation sites (tertiary alicyclic amines) is 1. The summed E-state index contributed by atoms with van der Waals surface area (Å²) in [6.45, 7) is 2.53. The molecule has 0 spiro atoms. The topological polar surface area (TPSA) is 83.8 Å². The summed E-state index contributed by atoms with van der Waals surface area (Å²) in [5, 5.41) is 5.93. The van der Waals surface area contributed by atoms with Crippen LogP contribution in [-0.4, -0.2) is 50.0 Å². The maximum absolute atomic E-state index is 12.4. The van der Waals surface area contributed by atoms with Gasteiger partial charge in [-0.1, -0.05) is 6.07 Å². The average molecular weight is 408 g/mol. The predicted molar refractivity (Wildman–Crippen MR) is 109 cm³/mol. The van der Waals surface area contributed by atoms with E-state index in [1.54, 1.807) is 36.4 Å². The molecular formula is C20H26ClN3O4. The third-order valence-electron chi connectivity index (χ3n) is 4.66. The summed E-state index contributed by atoms with van der Waals surface area (Å²) in [5.74, 6) is 1.05. The number of anilines is 1. The second kappa shape index (κ2) is 10.7. The van der Waals surface area contributed by atoms with Gasteiger partial charge in [0.1, 0.15) is 5.75 Å². The van der Waals surface area contributed by atoms with Gasteiger partial charge in [-0.15, -0.1) is 12.4 Å². The number of rotatable bonds is 7. The molecule has 1 fully saturated rings. The first-order chi connectivity index (χ1) is 13.2. The lowest BCUT2D eigenvalue weighted by molar-refractivity contribution is -0.134. The van der Waals surface area contributed by atoms with Crippen molar-refractivity contribution in [1.82, 2.24) is 10.2 Å². The van der Waals surface area contributed by atoms with Crippen LogP contribution in [0.15, 0.2) is 47.1 Å². The number of benzene rings is 1. The van der Waals surface area contributed by atoms with Gasteiger partial charge in [-0.05, 0) is 56.6 Å². The zero-order valence-corrected chi connectivity index (χ0v) is 16.7. The van der Waals surface area contributed by atoms with E-state index in [0.717, 1.165) is 32.5 Å². The van der Waals surface area contributed by atoms with Crippen LogP contribution in [-0.2, 0) is 4.79 Å². The van der Waals surface area contributed by atoms with Crippen molar-refractivity contribution in [2.24, 2.45) is 5.92 Å². The number of hydrogen-bond acceptors (Lipinski definition) is 5. The predicted octanol–water partition coefficient (Wildman–Crippen LogP) is 2.79. The van der Waals surface area contributed by atoms with Crippen molar-refractivity contribution in [3.05, 3.63) is 48.4 Å². The molecule has 0 bridgehead atoms. The van der Waals surface area contributed by atoms with Gasteiger partial charge in [0.15, 0.2) is 12.4 Å². The number of furan rings is 1. The molecule has 0 aliphatic carbocycles. The Morgan fingerprint density at radius 1 is 1.21 bits per heavy atom. The summed E-state index contributed by atoms with van der Waals surface area (Å²) in [4.78, 5) is 26.2. The molecule has 1 aromatic heterocycles. The molecular weight excluding hydrogens is 382 g/mol. The van der Waals surface area contributed by atoms with Gasteiger partial charge in [0, 0.05) is 24.8 Å². The van der Waals surface area contributed by atoms with E-state index in [9.17, 15) is 9.59 Å². The molecule has 3 rings (SSSR count). The molecule has 0 saturated carbocycles. The van der Waals surface area contributed by atoms with Gasteiger partial charge in [-0.25, -0.2) is 0 Å². The van der Waals surface area contributed by atoms with Crippen molar-refractivity contribution in [3.63, 3.8) is 0 Å². The van der Waals surface area contributed by atoms with E-state index in [1.807, 2.05) is 11.9 Å². The largest absolute Gasteiger partial charge is 0.484 e. The molecule has 8 heteroatoms. The lowest BCUT2D eigenvalue weighted by Crippen LogP contribution is -2.42. The Morgan fingerprint density at radius 2 is 2.00 bits per heavy atom. The molecule has 1 aliphatic rings. The number of nitrogens with one attached hydrogen (secondary N) is 2. The third-order valence-corrected chi connectivity index (χ3v) is 4.66. The Bertz CT molecular complexity index is 759. The van der Waals surface area contributed by atoms with Gasteiger partial charge >= 0.3 is 0 Å². The van der Waals surface area contributed by atoms with E-state index in [0.29, 0.717) is 17.4 Å². The summed E-state index contributed by atoms with van der Waals surface area (Å²) in [5.41, 5.74) is 0.578. The average Bonchev–Trinajstić information content (AvgIpc) is 3.22. The number of amides is 2. The molecule has 7 nitrogen and oxygen atoms in total. The first-order valence-electron chi connectivity index (χ1n) is 9.16.